The summed E-state index contributed by atoms with van der Waals surface area (Å²) in [5.41, 5.74) is 7.47. The van der Waals surface area contributed by atoms with Gasteiger partial charge in [0, 0.05) is 5.92 Å². The molecule has 0 aliphatic carbocycles. The molecule has 3 N–H and O–H groups in total. The predicted molar refractivity (Wildman–Crippen MR) is 57.5 cm³/mol. The Bertz CT molecular complexity index is 452. The number of ketones is 1. The average molecular weight is 255 g/mol. The topological polar surface area (TPSA) is 140 Å². The van der Waals surface area contributed by atoms with Crippen LogP contribution in [-0.4, -0.2) is 50.5 Å². The van der Waals surface area contributed by atoms with Gasteiger partial charge in [-0.25, -0.2) is 4.79 Å². The molecule has 1 heterocycles. The number of amides is 1. The fourth-order valence-electron chi connectivity index (χ4n) is 1.95. The van der Waals surface area contributed by atoms with Crippen LogP contribution < -0.4 is 5.32 Å². The van der Waals surface area contributed by atoms with Crippen LogP contribution in [-0.2, 0) is 14.4 Å². The molecule has 0 aromatic rings. The summed E-state index contributed by atoms with van der Waals surface area (Å²) >= 11 is 0. The van der Waals surface area contributed by atoms with E-state index in [9.17, 15) is 19.5 Å². The minimum atomic E-state index is -1.64. The van der Waals surface area contributed by atoms with E-state index in [1.807, 2.05) is 0 Å². The number of Topliss-reactive ketones (excluding diaryl/α,β-unsaturated/α-hetero) is 1. The third kappa shape index (κ3) is 2.29. The van der Waals surface area contributed by atoms with Gasteiger partial charge in [-0.1, -0.05) is 6.92 Å². The molecule has 1 saturated heterocycles. The van der Waals surface area contributed by atoms with Crippen molar-refractivity contribution in [2.45, 2.75) is 26.0 Å². The number of carbonyl (C=O) groups is 3. The molecule has 0 aromatic carbocycles. The van der Waals surface area contributed by atoms with Crippen molar-refractivity contribution < 1.29 is 29.4 Å². The first-order chi connectivity index (χ1) is 8.31. The molecule has 0 spiro atoms. The van der Waals surface area contributed by atoms with E-state index in [1.165, 1.54) is 13.8 Å². The first-order valence-corrected chi connectivity index (χ1v) is 5.29. The third-order valence-corrected chi connectivity index (χ3v) is 3.01. The maximum atomic E-state index is 11.7. The SMILES string of the molecule is CC(C(=O)C(=[N+]=[N-])C(=O)O)[C@H]1NC(=O)[C@@H]1[C@H](C)O. The lowest BCUT2D eigenvalue weighted by molar-refractivity contribution is -0.145. The van der Waals surface area contributed by atoms with E-state index < -0.39 is 47.4 Å². The number of nitrogens with one attached hydrogen (secondary N) is 1. The van der Waals surface area contributed by atoms with Gasteiger partial charge in [-0.05, 0) is 6.92 Å². The summed E-state index contributed by atoms with van der Waals surface area (Å²) in [6.45, 7) is 2.81. The molecular formula is C10H13N3O5. The highest BCUT2D eigenvalue weighted by Crippen LogP contribution is 2.26. The second-order valence-corrected chi connectivity index (χ2v) is 4.21. The van der Waals surface area contributed by atoms with Crippen LogP contribution >= 0.6 is 0 Å². The maximum absolute atomic E-state index is 11.7. The van der Waals surface area contributed by atoms with Gasteiger partial charge in [0.05, 0.1) is 18.1 Å². The number of carboxylic acids is 1. The van der Waals surface area contributed by atoms with Gasteiger partial charge < -0.3 is 21.1 Å². The largest absolute Gasteiger partial charge is 0.472 e. The number of carbonyl (C=O) groups excluding carboxylic acids is 2. The summed E-state index contributed by atoms with van der Waals surface area (Å²) in [7, 11) is 0. The fourth-order valence-corrected chi connectivity index (χ4v) is 1.95. The Morgan fingerprint density at radius 1 is 1.44 bits per heavy atom. The van der Waals surface area contributed by atoms with E-state index in [1.54, 1.807) is 0 Å². The highest BCUT2D eigenvalue weighted by molar-refractivity contribution is 6.62. The summed E-state index contributed by atoms with van der Waals surface area (Å²) in [6.07, 6.45) is -0.946. The lowest BCUT2D eigenvalue weighted by Gasteiger charge is -2.40. The molecule has 0 aromatic heterocycles. The molecule has 4 atom stereocenters. The Morgan fingerprint density at radius 2 is 2.00 bits per heavy atom. The average Bonchev–Trinajstić information content (AvgIpc) is 2.24. The van der Waals surface area contributed by atoms with Crippen molar-refractivity contribution in [2.24, 2.45) is 11.8 Å². The van der Waals surface area contributed by atoms with E-state index in [4.69, 9.17) is 10.6 Å². The number of rotatable bonds is 5. The van der Waals surface area contributed by atoms with Crippen LogP contribution in [0.5, 0.6) is 0 Å². The zero-order valence-electron chi connectivity index (χ0n) is 9.82. The van der Waals surface area contributed by atoms with Crippen LogP contribution in [0.25, 0.3) is 5.53 Å². The summed E-state index contributed by atoms with van der Waals surface area (Å²) in [6, 6.07) is -0.666. The number of hydrogen-bond acceptors (Lipinski definition) is 4. The Morgan fingerprint density at radius 3 is 2.33 bits per heavy atom. The molecule has 1 fully saturated rings. The van der Waals surface area contributed by atoms with Crippen LogP contribution in [0.2, 0.25) is 0 Å². The molecule has 0 radical (unpaired) electrons. The van der Waals surface area contributed by atoms with Gasteiger partial charge in [-0.2, -0.15) is 4.79 Å². The van der Waals surface area contributed by atoms with Gasteiger partial charge >= 0.3 is 11.7 Å². The van der Waals surface area contributed by atoms with Crippen LogP contribution in [0.4, 0.5) is 0 Å². The summed E-state index contributed by atoms with van der Waals surface area (Å²) in [5.74, 6) is -4.61. The van der Waals surface area contributed by atoms with Crippen molar-refractivity contribution in [3.8, 4) is 0 Å². The molecule has 0 bridgehead atoms. The van der Waals surface area contributed by atoms with E-state index in [0.29, 0.717) is 0 Å². The first-order valence-electron chi connectivity index (χ1n) is 5.29. The van der Waals surface area contributed by atoms with Crippen molar-refractivity contribution >= 4 is 23.4 Å². The molecular weight excluding hydrogens is 242 g/mol. The lowest BCUT2D eigenvalue weighted by Crippen LogP contribution is -2.66. The summed E-state index contributed by atoms with van der Waals surface area (Å²) in [5, 5.41) is 20.4. The number of aliphatic hydroxyl groups excluding tert-OH is 1. The van der Waals surface area contributed by atoms with Crippen LogP contribution in [0.3, 0.4) is 0 Å². The number of carboxylic acid groups (broad SMARTS) is 1. The summed E-state index contributed by atoms with van der Waals surface area (Å²) in [4.78, 5) is 36.0. The molecule has 1 aliphatic rings. The van der Waals surface area contributed by atoms with E-state index in [2.05, 4.69) is 10.1 Å². The number of nitrogens with zero attached hydrogens (tertiary/aromatic N) is 2. The van der Waals surface area contributed by atoms with Gasteiger partial charge in [0.2, 0.25) is 5.91 Å². The van der Waals surface area contributed by atoms with Crippen molar-refractivity contribution in [1.29, 1.82) is 0 Å². The molecule has 8 nitrogen and oxygen atoms in total. The Hall–Kier alpha value is -2.05. The van der Waals surface area contributed by atoms with Crippen molar-refractivity contribution in [3.63, 3.8) is 0 Å². The van der Waals surface area contributed by atoms with Crippen molar-refractivity contribution in [1.82, 2.24) is 5.32 Å². The van der Waals surface area contributed by atoms with Crippen molar-refractivity contribution in [2.75, 3.05) is 0 Å². The second kappa shape index (κ2) is 5.07. The molecule has 8 heteroatoms. The molecule has 98 valence electrons. The number of aliphatic hydroxyl groups is 1. The smallest absolute Gasteiger partial charge is 0.441 e. The van der Waals surface area contributed by atoms with Crippen LogP contribution in [0.15, 0.2) is 0 Å². The molecule has 18 heavy (non-hydrogen) atoms. The van der Waals surface area contributed by atoms with Crippen molar-refractivity contribution in [3.05, 3.63) is 5.53 Å². The fraction of sp³-hybridized carbons (Fsp3) is 0.600. The van der Waals surface area contributed by atoms with Gasteiger partial charge in [-0.3, -0.25) is 9.59 Å². The van der Waals surface area contributed by atoms with Gasteiger partial charge in [0.25, 0.3) is 5.78 Å². The van der Waals surface area contributed by atoms with Crippen LogP contribution in [0, 0.1) is 11.8 Å². The van der Waals surface area contributed by atoms with E-state index >= 15 is 0 Å². The molecule has 0 saturated carbocycles. The normalized spacial score (nSPS) is 25.2. The number of β-lactam (4-membered cyclic amide) rings is 1. The quantitative estimate of drug-likeness (QED) is 0.179. The van der Waals surface area contributed by atoms with E-state index in [-0.39, 0.29) is 0 Å². The summed E-state index contributed by atoms with van der Waals surface area (Å²) < 4.78 is 0. The standard InChI is InChI=1S/C10H13N3O5/c1-3(8(15)7(13-11)10(17)18)6-5(4(2)14)9(16)12-6/h3-6,14H,1-2H3,(H,12,16)(H,17,18)/t3?,4-,5+,6+/m0/s1. The third-order valence-electron chi connectivity index (χ3n) is 3.01. The van der Waals surface area contributed by atoms with Crippen LogP contribution in [0.1, 0.15) is 13.8 Å². The number of hydrogen-bond donors (Lipinski definition) is 3. The van der Waals surface area contributed by atoms with Gasteiger partial charge in [-0.15, -0.1) is 0 Å². The highest BCUT2D eigenvalue weighted by atomic mass is 16.4. The van der Waals surface area contributed by atoms with Gasteiger partial charge in [0.15, 0.2) is 0 Å². The monoisotopic (exact) mass is 255 g/mol. The Labute approximate surface area is 102 Å². The Kier molecular flexibility index (Phi) is 3.95. The van der Waals surface area contributed by atoms with Gasteiger partial charge in [0.1, 0.15) is 0 Å². The minimum Gasteiger partial charge on any atom is -0.472 e. The lowest BCUT2D eigenvalue weighted by atomic mass is 9.76. The minimum absolute atomic E-state index is 0.396. The predicted octanol–water partition coefficient (Wildman–Crippen LogP) is -1.56. The molecule has 1 rings (SSSR count). The highest BCUT2D eigenvalue weighted by Gasteiger charge is 2.49. The maximum Gasteiger partial charge on any atom is 0.441 e. The molecule has 1 amide bonds. The number of aliphatic carboxylic acids is 1. The Balaban J connectivity index is 2.86. The molecule has 1 aliphatic heterocycles. The molecule has 1 unspecified atom stereocenters. The van der Waals surface area contributed by atoms with E-state index in [0.717, 1.165) is 0 Å². The second-order valence-electron chi connectivity index (χ2n) is 4.21. The zero-order valence-corrected chi connectivity index (χ0v) is 9.82. The first kappa shape index (κ1) is 14.0. The zero-order chi connectivity index (χ0) is 14.0.